The molecule has 1 aromatic carbocycles. The summed E-state index contributed by atoms with van der Waals surface area (Å²) in [7, 11) is 0. The van der Waals surface area contributed by atoms with Gasteiger partial charge in [-0.2, -0.15) is 0 Å². The van der Waals surface area contributed by atoms with Crippen LogP contribution in [-0.4, -0.2) is 42.5 Å². The number of nitrogens with one attached hydrogen (secondary N) is 1. The Morgan fingerprint density at radius 2 is 2.09 bits per heavy atom. The average molecular weight is 430 g/mol. The van der Waals surface area contributed by atoms with Crippen molar-refractivity contribution >= 4 is 40.2 Å². The van der Waals surface area contributed by atoms with Gasteiger partial charge in [0.2, 0.25) is 5.91 Å². The van der Waals surface area contributed by atoms with E-state index >= 15 is 0 Å². The van der Waals surface area contributed by atoms with Crippen molar-refractivity contribution in [2.45, 2.75) is 32.7 Å². The standard InChI is InChI=1S/C17H23IN2O3/c1-3-23-17(22)13-7-9-20(10-8-13)16(21)12(2)19-15-6-4-5-14(18)11-15/h4-6,11-13,19H,3,7-10H2,1-2H3. The summed E-state index contributed by atoms with van der Waals surface area (Å²) in [6, 6.07) is 7.66. The zero-order valence-corrected chi connectivity index (χ0v) is 15.7. The van der Waals surface area contributed by atoms with Crippen LogP contribution in [0.5, 0.6) is 0 Å². The van der Waals surface area contributed by atoms with E-state index in [2.05, 4.69) is 27.9 Å². The van der Waals surface area contributed by atoms with E-state index in [4.69, 9.17) is 4.74 Å². The molecule has 2 rings (SSSR count). The van der Waals surface area contributed by atoms with Gasteiger partial charge in [-0.3, -0.25) is 9.59 Å². The van der Waals surface area contributed by atoms with Gasteiger partial charge in [-0.25, -0.2) is 0 Å². The quantitative estimate of drug-likeness (QED) is 0.577. The number of likely N-dealkylation sites (tertiary alicyclic amines) is 1. The molecule has 0 aromatic heterocycles. The summed E-state index contributed by atoms with van der Waals surface area (Å²) in [5.74, 6) is -0.131. The largest absolute Gasteiger partial charge is 0.466 e. The molecule has 23 heavy (non-hydrogen) atoms. The molecule has 0 saturated carbocycles. The highest BCUT2D eigenvalue weighted by molar-refractivity contribution is 14.1. The van der Waals surface area contributed by atoms with Crippen LogP contribution in [0.3, 0.4) is 0 Å². The van der Waals surface area contributed by atoms with E-state index in [0.717, 1.165) is 9.26 Å². The van der Waals surface area contributed by atoms with Gasteiger partial charge in [0.15, 0.2) is 0 Å². The second-order valence-electron chi connectivity index (χ2n) is 5.73. The van der Waals surface area contributed by atoms with Crippen molar-refractivity contribution < 1.29 is 14.3 Å². The summed E-state index contributed by atoms with van der Waals surface area (Å²) in [6.07, 6.45) is 1.36. The van der Waals surface area contributed by atoms with Crippen LogP contribution in [0.2, 0.25) is 0 Å². The molecule has 1 aromatic rings. The van der Waals surface area contributed by atoms with Gasteiger partial charge in [0, 0.05) is 22.3 Å². The van der Waals surface area contributed by atoms with E-state index in [1.165, 1.54) is 0 Å². The van der Waals surface area contributed by atoms with Gasteiger partial charge in [-0.15, -0.1) is 0 Å². The lowest BCUT2D eigenvalue weighted by molar-refractivity contribution is -0.151. The topological polar surface area (TPSA) is 58.6 Å². The number of carbonyl (C=O) groups excluding carboxylic acids is 2. The van der Waals surface area contributed by atoms with Crippen molar-refractivity contribution in [3.8, 4) is 0 Å². The van der Waals surface area contributed by atoms with Gasteiger partial charge in [0.1, 0.15) is 6.04 Å². The number of nitrogens with zero attached hydrogens (tertiary/aromatic N) is 1. The minimum Gasteiger partial charge on any atom is -0.466 e. The summed E-state index contributed by atoms with van der Waals surface area (Å²) in [6.45, 7) is 5.32. The van der Waals surface area contributed by atoms with Crippen molar-refractivity contribution in [1.29, 1.82) is 0 Å². The minimum absolute atomic E-state index is 0.0713. The summed E-state index contributed by atoms with van der Waals surface area (Å²) in [5.41, 5.74) is 0.944. The molecule has 1 heterocycles. The Bertz CT molecular complexity index is 557. The number of esters is 1. The molecular formula is C17H23IN2O3. The molecule has 1 aliphatic rings. The Morgan fingerprint density at radius 1 is 1.39 bits per heavy atom. The van der Waals surface area contributed by atoms with Crippen molar-refractivity contribution in [1.82, 2.24) is 4.90 Å². The number of rotatable bonds is 5. The fraction of sp³-hybridized carbons (Fsp3) is 0.529. The minimum atomic E-state index is -0.285. The lowest BCUT2D eigenvalue weighted by Crippen LogP contribution is -2.46. The Balaban J connectivity index is 1.85. The number of benzene rings is 1. The molecule has 0 bridgehead atoms. The van der Waals surface area contributed by atoms with Crippen LogP contribution in [0.15, 0.2) is 24.3 Å². The summed E-state index contributed by atoms with van der Waals surface area (Å²) in [5, 5.41) is 3.25. The Hall–Kier alpha value is -1.31. The number of amides is 1. The fourth-order valence-corrected chi connectivity index (χ4v) is 3.30. The number of piperidine rings is 1. The maximum Gasteiger partial charge on any atom is 0.309 e. The van der Waals surface area contributed by atoms with Crippen molar-refractivity contribution in [3.05, 3.63) is 27.8 Å². The fourth-order valence-electron chi connectivity index (χ4n) is 2.76. The first-order valence-electron chi connectivity index (χ1n) is 7.98. The van der Waals surface area contributed by atoms with Gasteiger partial charge in [-0.1, -0.05) is 6.07 Å². The molecule has 1 unspecified atom stereocenters. The highest BCUT2D eigenvalue weighted by Crippen LogP contribution is 2.20. The summed E-state index contributed by atoms with van der Waals surface area (Å²) < 4.78 is 6.19. The van der Waals surface area contributed by atoms with Gasteiger partial charge < -0.3 is 15.0 Å². The molecule has 1 aliphatic heterocycles. The first-order valence-corrected chi connectivity index (χ1v) is 9.06. The van der Waals surface area contributed by atoms with Gasteiger partial charge in [0.05, 0.1) is 12.5 Å². The molecule has 1 amide bonds. The van der Waals surface area contributed by atoms with Crippen LogP contribution in [0.1, 0.15) is 26.7 Å². The number of halogens is 1. The Labute approximate surface area is 150 Å². The molecule has 6 heteroatoms. The zero-order valence-electron chi connectivity index (χ0n) is 13.5. The Morgan fingerprint density at radius 3 is 2.70 bits per heavy atom. The lowest BCUT2D eigenvalue weighted by atomic mass is 9.96. The highest BCUT2D eigenvalue weighted by atomic mass is 127. The third-order valence-corrected chi connectivity index (χ3v) is 4.68. The zero-order chi connectivity index (χ0) is 16.8. The molecule has 0 radical (unpaired) electrons. The predicted molar refractivity (Wildman–Crippen MR) is 98.2 cm³/mol. The number of hydrogen-bond acceptors (Lipinski definition) is 4. The predicted octanol–water partition coefficient (Wildman–Crippen LogP) is 2.89. The second kappa shape index (κ2) is 8.52. The molecule has 5 nitrogen and oxygen atoms in total. The van der Waals surface area contributed by atoms with Crippen LogP contribution in [0.25, 0.3) is 0 Å². The van der Waals surface area contributed by atoms with Crippen LogP contribution in [0, 0.1) is 9.49 Å². The van der Waals surface area contributed by atoms with E-state index in [0.29, 0.717) is 32.5 Å². The number of hydrogen-bond donors (Lipinski definition) is 1. The average Bonchev–Trinajstić information content (AvgIpc) is 2.54. The van der Waals surface area contributed by atoms with Gasteiger partial charge >= 0.3 is 5.97 Å². The van der Waals surface area contributed by atoms with Crippen LogP contribution in [0.4, 0.5) is 5.69 Å². The maximum absolute atomic E-state index is 12.5. The molecule has 0 spiro atoms. The monoisotopic (exact) mass is 430 g/mol. The first-order chi connectivity index (χ1) is 11.0. The first kappa shape index (κ1) is 18.0. The molecular weight excluding hydrogens is 407 g/mol. The van der Waals surface area contributed by atoms with E-state index < -0.39 is 0 Å². The van der Waals surface area contributed by atoms with Gasteiger partial charge in [0.25, 0.3) is 0 Å². The molecule has 0 aliphatic carbocycles. The van der Waals surface area contributed by atoms with Crippen LogP contribution >= 0.6 is 22.6 Å². The van der Waals surface area contributed by atoms with Crippen LogP contribution in [-0.2, 0) is 14.3 Å². The Kier molecular flexibility index (Phi) is 6.68. The molecule has 1 atom stereocenters. The normalized spacial score (nSPS) is 16.7. The van der Waals surface area contributed by atoms with E-state index in [-0.39, 0.29) is 23.8 Å². The third kappa shape index (κ3) is 5.09. The highest BCUT2D eigenvalue weighted by Gasteiger charge is 2.29. The number of ether oxygens (including phenoxy) is 1. The van der Waals surface area contributed by atoms with E-state index in [1.54, 1.807) is 0 Å². The maximum atomic E-state index is 12.5. The van der Waals surface area contributed by atoms with E-state index in [1.807, 2.05) is 43.0 Å². The van der Waals surface area contributed by atoms with E-state index in [9.17, 15) is 9.59 Å². The molecule has 1 N–H and O–H groups in total. The van der Waals surface area contributed by atoms with Crippen molar-refractivity contribution in [2.24, 2.45) is 5.92 Å². The molecule has 1 saturated heterocycles. The number of anilines is 1. The van der Waals surface area contributed by atoms with Crippen molar-refractivity contribution in [2.75, 3.05) is 25.0 Å². The van der Waals surface area contributed by atoms with Crippen molar-refractivity contribution in [3.63, 3.8) is 0 Å². The SMILES string of the molecule is CCOC(=O)C1CCN(C(=O)C(C)Nc2cccc(I)c2)CC1. The lowest BCUT2D eigenvalue weighted by Gasteiger charge is -2.33. The summed E-state index contributed by atoms with van der Waals surface area (Å²) in [4.78, 5) is 26.1. The third-order valence-electron chi connectivity index (χ3n) is 4.00. The second-order valence-corrected chi connectivity index (χ2v) is 6.97. The smallest absolute Gasteiger partial charge is 0.309 e. The van der Waals surface area contributed by atoms with Gasteiger partial charge in [-0.05, 0) is 67.5 Å². The molecule has 1 fully saturated rings. The number of carbonyl (C=O) groups is 2. The molecule has 126 valence electrons. The van der Waals surface area contributed by atoms with Crippen LogP contribution < -0.4 is 5.32 Å². The summed E-state index contributed by atoms with van der Waals surface area (Å²) >= 11 is 2.25.